The number of rotatable bonds is 11. The van der Waals surface area contributed by atoms with Crippen molar-refractivity contribution in [1.29, 1.82) is 0 Å². The molecule has 4 N–H and O–H groups in total. The van der Waals surface area contributed by atoms with Crippen LogP contribution in [0.15, 0.2) is 48.6 Å². The fourth-order valence-electron chi connectivity index (χ4n) is 7.64. The van der Waals surface area contributed by atoms with E-state index in [0.717, 1.165) is 69.6 Å². The first kappa shape index (κ1) is 38.1. The molecule has 6 rings (SSSR count). The monoisotopic (exact) mass is 738 g/mol. The van der Waals surface area contributed by atoms with Crippen LogP contribution in [0.2, 0.25) is 0 Å². The first-order valence-electron chi connectivity index (χ1n) is 18.6. The third-order valence-corrected chi connectivity index (χ3v) is 10.4. The average Bonchev–Trinajstić information content (AvgIpc) is 3.96. The van der Waals surface area contributed by atoms with Gasteiger partial charge in [-0.15, -0.1) is 0 Å². The molecule has 2 aliphatic heterocycles. The van der Waals surface area contributed by atoms with Gasteiger partial charge in [-0.25, -0.2) is 19.6 Å². The van der Waals surface area contributed by atoms with E-state index < -0.39 is 24.3 Å². The third-order valence-electron chi connectivity index (χ3n) is 10.4. The van der Waals surface area contributed by atoms with Gasteiger partial charge in [0.25, 0.3) is 0 Å². The van der Waals surface area contributed by atoms with Crippen LogP contribution in [-0.4, -0.2) is 103 Å². The Morgan fingerprint density at radius 2 is 1.33 bits per heavy atom. The number of carbonyl (C=O) groups is 4. The SMILES string of the molecule is COC(=O)N[C@H](C(=O)N1CCC[C@H]1c1nc2cc(/C=C/C=C/c3ccc4[nH]c([C@@H]5CCCN5C(=O)[C@H](C(C)C)N(C)C(=O)O)nc4c3)ccc2[nH]1)C(C)C. The lowest BCUT2D eigenvalue weighted by Gasteiger charge is -2.33. The van der Waals surface area contributed by atoms with E-state index in [1.54, 1.807) is 9.80 Å². The van der Waals surface area contributed by atoms with Gasteiger partial charge < -0.3 is 34.9 Å². The molecule has 0 spiro atoms. The number of carboxylic acid groups (broad SMARTS) is 1. The summed E-state index contributed by atoms with van der Waals surface area (Å²) in [5, 5.41) is 12.3. The van der Waals surface area contributed by atoms with Crippen LogP contribution in [0.3, 0.4) is 0 Å². The van der Waals surface area contributed by atoms with Crippen LogP contribution in [0.1, 0.15) is 88.2 Å². The van der Waals surface area contributed by atoms with E-state index >= 15 is 0 Å². The largest absolute Gasteiger partial charge is 0.465 e. The Labute approximate surface area is 314 Å². The number of hydrogen-bond donors (Lipinski definition) is 4. The summed E-state index contributed by atoms with van der Waals surface area (Å²) in [4.78, 5) is 72.0. The number of nitrogens with zero attached hydrogens (tertiary/aromatic N) is 5. The summed E-state index contributed by atoms with van der Waals surface area (Å²) in [6.07, 6.45) is 9.38. The zero-order chi connectivity index (χ0) is 38.7. The number of imidazole rings is 2. The molecule has 0 radical (unpaired) electrons. The number of aromatic amines is 2. The molecule has 2 aromatic carbocycles. The molecule has 2 aliphatic rings. The summed E-state index contributed by atoms with van der Waals surface area (Å²) in [7, 11) is 2.73. The van der Waals surface area contributed by atoms with E-state index in [-0.39, 0.29) is 35.7 Å². The summed E-state index contributed by atoms with van der Waals surface area (Å²) in [5.41, 5.74) is 5.30. The van der Waals surface area contributed by atoms with Crippen LogP contribution in [-0.2, 0) is 14.3 Å². The zero-order valence-corrected chi connectivity index (χ0v) is 31.7. The zero-order valence-electron chi connectivity index (χ0n) is 31.7. The highest BCUT2D eigenvalue weighted by atomic mass is 16.5. The quantitative estimate of drug-likeness (QED) is 0.126. The van der Waals surface area contributed by atoms with Crippen molar-refractivity contribution < 1.29 is 29.0 Å². The maximum absolute atomic E-state index is 13.6. The van der Waals surface area contributed by atoms with Gasteiger partial charge in [0.1, 0.15) is 23.7 Å². The molecule has 4 aromatic rings. The van der Waals surface area contributed by atoms with Crippen LogP contribution < -0.4 is 5.32 Å². The van der Waals surface area contributed by atoms with Gasteiger partial charge in [-0.2, -0.15) is 0 Å². The lowest BCUT2D eigenvalue weighted by Crippen LogP contribution is -2.51. The number of carbonyl (C=O) groups excluding carboxylic acids is 3. The van der Waals surface area contributed by atoms with Crippen molar-refractivity contribution >= 4 is 58.2 Å². The predicted molar refractivity (Wildman–Crippen MR) is 206 cm³/mol. The minimum atomic E-state index is -1.12. The Balaban J connectivity index is 1.12. The number of alkyl carbamates (subject to hydrolysis) is 1. The Morgan fingerprint density at radius 1 is 0.833 bits per heavy atom. The number of ether oxygens (including phenoxy) is 1. The standard InChI is InChI=1S/C40H50N8O6/c1-23(2)33(45-39(51)54-6)37(49)47-19-9-13-31(47)35-41-27-17-15-25(21-29(27)43-35)11-7-8-12-26-16-18-28-30(22-26)44-36(42-28)32-14-10-20-48(32)38(50)34(24(3)4)46(5)40(52)53/h7-8,11-12,15-18,21-24,31-34H,9-10,13-14,19-20H2,1-6H3,(H,41,43)(H,42,44)(H,45,51)(H,52,53)/b11-7+,12-8+/t31-,32-,33-,34-/m0/s1. The smallest absolute Gasteiger partial charge is 0.407 e. The number of likely N-dealkylation sites (tertiary alicyclic amines) is 2. The summed E-state index contributed by atoms with van der Waals surface area (Å²) >= 11 is 0. The predicted octanol–water partition coefficient (Wildman–Crippen LogP) is 6.51. The molecule has 4 atom stereocenters. The van der Waals surface area contributed by atoms with E-state index in [1.165, 1.54) is 14.2 Å². The number of nitrogens with one attached hydrogen (secondary N) is 3. The normalized spacial score (nSPS) is 18.8. The number of amides is 4. The first-order chi connectivity index (χ1) is 25.9. The summed E-state index contributed by atoms with van der Waals surface area (Å²) in [6.45, 7) is 8.67. The second-order valence-electron chi connectivity index (χ2n) is 14.8. The third kappa shape index (κ3) is 7.97. The van der Waals surface area contributed by atoms with Crippen molar-refractivity contribution in [3.63, 3.8) is 0 Å². The van der Waals surface area contributed by atoms with Gasteiger partial charge >= 0.3 is 12.2 Å². The van der Waals surface area contributed by atoms with E-state index in [1.807, 2.05) is 88.4 Å². The molecule has 0 unspecified atom stereocenters. The Morgan fingerprint density at radius 3 is 1.78 bits per heavy atom. The molecule has 54 heavy (non-hydrogen) atoms. The molecule has 4 amide bonds. The average molecular weight is 739 g/mol. The van der Waals surface area contributed by atoms with Crippen LogP contribution in [0, 0.1) is 11.8 Å². The van der Waals surface area contributed by atoms with Crippen LogP contribution in [0.25, 0.3) is 34.2 Å². The van der Waals surface area contributed by atoms with Crippen molar-refractivity contribution in [2.24, 2.45) is 11.8 Å². The maximum Gasteiger partial charge on any atom is 0.407 e. The fraction of sp³-hybridized carbons (Fsp3) is 0.450. The highest BCUT2D eigenvalue weighted by Gasteiger charge is 2.40. The van der Waals surface area contributed by atoms with Gasteiger partial charge in [-0.1, -0.05) is 64.1 Å². The number of fused-ring (bicyclic) bond motifs is 2. The molecular formula is C40H50N8O6. The van der Waals surface area contributed by atoms with Crippen LogP contribution in [0.4, 0.5) is 9.59 Å². The highest BCUT2D eigenvalue weighted by molar-refractivity contribution is 5.87. The van der Waals surface area contributed by atoms with Gasteiger partial charge in [0.2, 0.25) is 11.8 Å². The molecule has 0 saturated carbocycles. The number of likely N-dealkylation sites (N-methyl/N-ethyl adjacent to an activating group) is 1. The van der Waals surface area contributed by atoms with Crippen molar-refractivity contribution in [1.82, 2.24) is 40.0 Å². The van der Waals surface area contributed by atoms with Gasteiger partial charge in [0, 0.05) is 20.1 Å². The molecule has 4 heterocycles. The second-order valence-corrected chi connectivity index (χ2v) is 14.8. The molecule has 0 bridgehead atoms. The maximum atomic E-state index is 13.6. The molecule has 2 fully saturated rings. The Hall–Kier alpha value is -5.66. The van der Waals surface area contributed by atoms with E-state index in [2.05, 4.69) is 15.3 Å². The summed E-state index contributed by atoms with van der Waals surface area (Å²) in [5.74, 6) is 0.817. The first-order valence-corrected chi connectivity index (χ1v) is 18.6. The van der Waals surface area contributed by atoms with Crippen molar-refractivity contribution in [2.45, 2.75) is 77.5 Å². The molecule has 14 nitrogen and oxygen atoms in total. The number of allylic oxidation sites excluding steroid dienone is 2. The highest BCUT2D eigenvalue weighted by Crippen LogP contribution is 2.35. The lowest BCUT2D eigenvalue weighted by atomic mass is 10.0. The fourth-order valence-corrected chi connectivity index (χ4v) is 7.64. The van der Waals surface area contributed by atoms with E-state index in [4.69, 9.17) is 14.7 Å². The Kier molecular flexibility index (Phi) is 11.4. The van der Waals surface area contributed by atoms with Gasteiger partial charge in [-0.05, 0) is 72.9 Å². The molecule has 2 saturated heterocycles. The molecule has 2 aromatic heterocycles. The van der Waals surface area contributed by atoms with Gasteiger partial charge in [-0.3, -0.25) is 14.5 Å². The molecule has 0 aliphatic carbocycles. The van der Waals surface area contributed by atoms with Gasteiger partial charge in [0.15, 0.2) is 0 Å². The number of methoxy groups -OCH3 is 1. The Bertz CT molecular complexity index is 2080. The van der Waals surface area contributed by atoms with Crippen LogP contribution in [0.5, 0.6) is 0 Å². The number of H-pyrrole nitrogens is 2. The van der Waals surface area contributed by atoms with Crippen molar-refractivity contribution in [3.8, 4) is 0 Å². The number of hydrogen-bond acceptors (Lipinski definition) is 7. The minimum absolute atomic E-state index is 0.107. The van der Waals surface area contributed by atoms with Crippen molar-refractivity contribution in [2.75, 3.05) is 27.2 Å². The van der Waals surface area contributed by atoms with E-state index in [0.29, 0.717) is 18.9 Å². The summed E-state index contributed by atoms with van der Waals surface area (Å²) in [6, 6.07) is 10.1. The molecule has 14 heteroatoms. The molecular weight excluding hydrogens is 688 g/mol. The minimum Gasteiger partial charge on any atom is -0.465 e. The topological polar surface area (TPSA) is 177 Å². The second kappa shape index (κ2) is 16.1. The number of benzene rings is 2. The number of aromatic nitrogens is 4. The van der Waals surface area contributed by atoms with E-state index in [9.17, 15) is 24.3 Å². The lowest BCUT2D eigenvalue weighted by molar-refractivity contribution is -0.138. The summed E-state index contributed by atoms with van der Waals surface area (Å²) < 4.78 is 4.75. The van der Waals surface area contributed by atoms with Gasteiger partial charge in [0.05, 0.1) is 41.3 Å². The van der Waals surface area contributed by atoms with Crippen molar-refractivity contribution in [3.05, 3.63) is 71.3 Å². The molecule has 286 valence electrons. The van der Waals surface area contributed by atoms with Crippen LogP contribution >= 0.6 is 0 Å².